The molecule has 1 aliphatic rings. The average molecular weight is 582 g/mol. The monoisotopic (exact) mass is 581 g/mol. The van der Waals surface area contributed by atoms with Gasteiger partial charge in [-0.2, -0.15) is 4.98 Å². The third-order valence-corrected chi connectivity index (χ3v) is 7.98. The van der Waals surface area contributed by atoms with Gasteiger partial charge in [-0.05, 0) is 49.4 Å². The summed E-state index contributed by atoms with van der Waals surface area (Å²) in [5, 5.41) is 15.9. The number of benzene rings is 3. The fourth-order valence-corrected chi connectivity index (χ4v) is 5.86. The first-order chi connectivity index (χ1) is 19.4. The minimum absolute atomic E-state index is 0.00745. The number of phenolic OH excluding ortho intramolecular Hbond substituents is 1. The Hall–Kier alpha value is -4.62. The molecule has 13 heteroatoms. The average Bonchev–Trinajstić information content (AvgIpc) is 2.92. The van der Waals surface area contributed by atoms with E-state index in [1.165, 1.54) is 42.5 Å². The van der Waals surface area contributed by atoms with E-state index in [2.05, 4.69) is 11.6 Å². The lowest BCUT2D eigenvalue weighted by Gasteiger charge is -2.40. The van der Waals surface area contributed by atoms with Gasteiger partial charge in [0, 0.05) is 36.6 Å². The van der Waals surface area contributed by atoms with Gasteiger partial charge in [-0.3, -0.25) is 9.36 Å². The molecule has 1 aliphatic heterocycles. The summed E-state index contributed by atoms with van der Waals surface area (Å²) in [6, 6.07) is 10.8. The molecule has 2 heterocycles. The Labute approximate surface area is 233 Å². The molecule has 3 aromatic carbocycles. The topological polar surface area (TPSA) is 139 Å². The molecule has 0 unspecified atom stereocenters. The van der Waals surface area contributed by atoms with Crippen LogP contribution in [-0.2, 0) is 14.8 Å². The first-order valence-electron chi connectivity index (χ1n) is 12.5. The summed E-state index contributed by atoms with van der Waals surface area (Å²) in [7, 11) is -4.32. The van der Waals surface area contributed by atoms with Gasteiger partial charge < -0.3 is 14.9 Å². The second-order valence-corrected chi connectivity index (χ2v) is 11.1. The summed E-state index contributed by atoms with van der Waals surface area (Å²) < 4.78 is 56.4. The number of aromatic nitrogens is 2. The first-order valence-corrected chi connectivity index (χ1v) is 14.0. The molecule has 1 atom stereocenters. The highest BCUT2D eigenvalue weighted by Crippen LogP contribution is 2.38. The molecular weight excluding hydrogens is 556 g/mol. The lowest BCUT2D eigenvalue weighted by atomic mass is 10.0. The van der Waals surface area contributed by atoms with Gasteiger partial charge in [-0.1, -0.05) is 24.8 Å². The number of nitrogens with zero attached hydrogens (tertiary/aromatic N) is 4. The summed E-state index contributed by atoms with van der Waals surface area (Å²) in [4.78, 5) is 33.0. The maximum Gasteiger partial charge on any atom is 0.354 e. The number of nitrogens with two attached hydrogens (primary N) is 1. The Morgan fingerprint density at radius 1 is 1.12 bits per heavy atom. The van der Waals surface area contributed by atoms with Crippen molar-refractivity contribution >= 4 is 32.7 Å². The second-order valence-electron chi connectivity index (χ2n) is 9.58. The highest BCUT2D eigenvalue weighted by molar-refractivity contribution is 7.89. The summed E-state index contributed by atoms with van der Waals surface area (Å²) in [5.74, 6) is -2.53. The SMILES string of the molecule is C=CC(=O)N1CCN(c2nc(=O)n(-c3ccccc3S(N)(=O)=O)c3cc(-c4c(O)cccc4F)c(F)cc23)[C@@H](C)C1. The summed E-state index contributed by atoms with van der Waals surface area (Å²) in [6.07, 6.45) is 1.20. The molecule has 0 bridgehead atoms. The van der Waals surface area contributed by atoms with E-state index in [-0.39, 0.29) is 64.5 Å². The van der Waals surface area contributed by atoms with Gasteiger partial charge in [-0.15, -0.1) is 0 Å². The van der Waals surface area contributed by atoms with Gasteiger partial charge in [0.2, 0.25) is 15.9 Å². The molecule has 1 fully saturated rings. The van der Waals surface area contributed by atoms with E-state index in [1.54, 1.807) is 16.7 Å². The molecule has 0 aliphatic carbocycles. The number of anilines is 1. The van der Waals surface area contributed by atoms with Crippen LogP contribution in [0, 0.1) is 11.6 Å². The van der Waals surface area contributed by atoms with Gasteiger partial charge in [0.15, 0.2) is 0 Å². The molecule has 0 radical (unpaired) electrons. The number of fused-ring (bicyclic) bond motifs is 1. The van der Waals surface area contributed by atoms with E-state index >= 15 is 4.39 Å². The largest absolute Gasteiger partial charge is 0.507 e. The fraction of sp³-hybridized carbons (Fsp3) is 0.179. The Bertz CT molecular complexity index is 1870. The molecule has 0 spiro atoms. The quantitative estimate of drug-likeness (QED) is 0.346. The van der Waals surface area contributed by atoms with E-state index in [4.69, 9.17) is 5.14 Å². The first kappa shape index (κ1) is 27.9. The Balaban J connectivity index is 1.83. The van der Waals surface area contributed by atoms with Crippen molar-refractivity contribution in [3.05, 3.63) is 89.4 Å². The van der Waals surface area contributed by atoms with Crippen molar-refractivity contribution in [2.24, 2.45) is 5.14 Å². The normalized spacial score (nSPS) is 15.8. The third-order valence-electron chi connectivity index (χ3n) is 7.02. The summed E-state index contributed by atoms with van der Waals surface area (Å²) in [6.45, 7) is 6.11. The van der Waals surface area contributed by atoms with Crippen LogP contribution in [0.25, 0.3) is 27.7 Å². The molecule has 5 rings (SSSR count). The molecular formula is C28H25F2N5O5S. The number of para-hydroxylation sites is 1. The van der Waals surface area contributed by atoms with E-state index < -0.39 is 38.7 Å². The Kier molecular flexibility index (Phi) is 7.09. The number of amides is 1. The number of carbonyl (C=O) groups excluding carboxylic acids is 1. The second kappa shape index (κ2) is 10.4. The van der Waals surface area contributed by atoms with E-state index in [0.717, 1.165) is 22.8 Å². The summed E-state index contributed by atoms with van der Waals surface area (Å²) in [5.41, 5.74) is -1.86. The van der Waals surface area contributed by atoms with Crippen LogP contribution in [0.4, 0.5) is 14.6 Å². The molecule has 3 N–H and O–H groups in total. The van der Waals surface area contributed by atoms with Gasteiger partial charge in [-0.25, -0.2) is 27.1 Å². The minimum atomic E-state index is -4.32. The number of sulfonamides is 1. The maximum absolute atomic E-state index is 15.7. The molecule has 41 heavy (non-hydrogen) atoms. The van der Waals surface area contributed by atoms with Crippen LogP contribution < -0.4 is 15.7 Å². The number of carbonyl (C=O) groups is 1. The highest BCUT2D eigenvalue weighted by Gasteiger charge is 2.30. The number of hydrogen-bond acceptors (Lipinski definition) is 7. The van der Waals surface area contributed by atoms with Gasteiger partial charge in [0.1, 0.15) is 28.1 Å². The lowest BCUT2D eigenvalue weighted by Crippen LogP contribution is -2.54. The van der Waals surface area contributed by atoms with E-state index in [1.807, 2.05) is 0 Å². The third kappa shape index (κ3) is 4.93. The molecule has 212 valence electrons. The van der Waals surface area contributed by atoms with Crippen LogP contribution in [0.2, 0.25) is 0 Å². The van der Waals surface area contributed by atoms with Crippen LogP contribution in [0.3, 0.4) is 0 Å². The summed E-state index contributed by atoms with van der Waals surface area (Å²) >= 11 is 0. The smallest absolute Gasteiger partial charge is 0.354 e. The van der Waals surface area contributed by atoms with Crippen molar-refractivity contribution in [3.63, 3.8) is 0 Å². The Morgan fingerprint density at radius 2 is 1.85 bits per heavy atom. The number of hydrogen-bond donors (Lipinski definition) is 2. The number of rotatable bonds is 5. The Morgan fingerprint density at radius 3 is 2.51 bits per heavy atom. The number of phenols is 1. The standard InChI is InChI=1S/C28H25F2N5O5S/c1-3-25(37)33-11-12-34(16(2)15-33)27-18-13-20(30)17(26-19(29)7-6-9-23(26)36)14-22(18)35(28(38)32-27)21-8-4-5-10-24(21)41(31,39)40/h3-10,13-14,16,36H,1,11-12,15H2,2H3,(H2,31,39,40)/t16-/m0/s1. The number of primary sulfonamides is 1. The lowest BCUT2D eigenvalue weighted by molar-refractivity contribution is -0.126. The van der Waals surface area contributed by atoms with Gasteiger partial charge in [0.25, 0.3) is 0 Å². The van der Waals surface area contributed by atoms with Crippen LogP contribution in [0.15, 0.2) is 76.9 Å². The van der Waals surface area contributed by atoms with Crippen molar-refractivity contribution in [1.29, 1.82) is 0 Å². The van der Waals surface area contributed by atoms with Crippen molar-refractivity contribution in [2.45, 2.75) is 17.9 Å². The molecule has 1 aromatic heterocycles. The van der Waals surface area contributed by atoms with Crippen LogP contribution >= 0.6 is 0 Å². The highest BCUT2D eigenvalue weighted by atomic mass is 32.2. The molecule has 1 amide bonds. The zero-order valence-corrected chi connectivity index (χ0v) is 22.6. The predicted octanol–water partition coefficient (Wildman–Crippen LogP) is 2.91. The van der Waals surface area contributed by atoms with E-state index in [9.17, 15) is 27.5 Å². The molecule has 10 nitrogen and oxygen atoms in total. The number of halogens is 2. The molecule has 0 saturated carbocycles. The van der Waals surface area contributed by atoms with Crippen LogP contribution in [-0.4, -0.2) is 59.6 Å². The van der Waals surface area contributed by atoms with E-state index in [0.29, 0.717) is 0 Å². The van der Waals surface area contributed by atoms with Crippen LogP contribution in [0.1, 0.15) is 6.92 Å². The molecule has 1 saturated heterocycles. The zero-order valence-electron chi connectivity index (χ0n) is 21.8. The fourth-order valence-electron chi connectivity index (χ4n) is 5.14. The van der Waals surface area contributed by atoms with Crippen molar-refractivity contribution in [2.75, 3.05) is 24.5 Å². The van der Waals surface area contributed by atoms with Crippen LogP contribution in [0.5, 0.6) is 5.75 Å². The minimum Gasteiger partial charge on any atom is -0.507 e. The van der Waals surface area contributed by atoms with Gasteiger partial charge >= 0.3 is 5.69 Å². The van der Waals surface area contributed by atoms with Crippen molar-refractivity contribution in [3.8, 4) is 22.6 Å². The maximum atomic E-state index is 15.7. The molecule has 4 aromatic rings. The van der Waals surface area contributed by atoms with Crippen molar-refractivity contribution in [1.82, 2.24) is 14.5 Å². The van der Waals surface area contributed by atoms with Crippen molar-refractivity contribution < 1.29 is 27.1 Å². The number of piperazine rings is 1. The number of aromatic hydroxyl groups is 1. The van der Waals surface area contributed by atoms with Gasteiger partial charge in [0.05, 0.1) is 16.8 Å². The zero-order chi connectivity index (χ0) is 29.6. The predicted molar refractivity (Wildman–Crippen MR) is 149 cm³/mol.